The number of phenolic OH excluding ortho intramolecular Hbond substituents is 1. The molecule has 12 nitrogen and oxygen atoms in total. The van der Waals surface area contributed by atoms with Gasteiger partial charge in [0.05, 0.1) is 35.5 Å². The fraction of sp³-hybridized carbons (Fsp3) is 0.407. The standard InChI is InChI=1S/C54H64N3O9P/c1-34-38-31-32-39(47(59)42(38)48(60)43-41(34)49(61)45-46(57(2)3)50(62)44(53(55)65)52(64)54(45,66)51(43)63)56-40(58)30-22-11-9-7-5-4-6-8-10-12-23-33-67(35-24-16-13-17-25-35,36-26-18-14-19-27-36)37-28-20-15-21-29-37/h13-21,24-29,31-32,34,41,45-46,49,61,66H,4-12,22-23,30,33H2,1-3H3,(H5-,55,56,58,59,60,62,63,64,65)/p+1/t34-,41+,45+,46-,49-,54-/m0/s1. The molecule has 0 bridgehead atoms. The fourth-order valence-corrected chi connectivity index (χ4v) is 15.4. The van der Waals surface area contributed by atoms with Crippen LogP contribution in [-0.2, 0) is 19.2 Å². The first-order valence-electron chi connectivity index (χ1n) is 23.7. The summed E-state index contributed by atoms with van der Waals surface area (Å²) in [7, 11) is 1.12. The highest BCUT2D eigenvalue weighted by atomic mass is 31.2. The van der Waals surface area contributed by atoms with Crippen LogP contribution in [-0.4, -0.2) is 91.8 Å². The second-order valence-corrected chi connectivity index (χ2v) is 22.3. The van der Waals surface area contributed by atoms with Crippen LogP contribution < -0.4 is 27.0 Å². The van der Waals surface area contributed by atoms with Gasteiger partial charge in [0.25, 0.3) is 5.91 Å². The van der Waals surface area contributed by atoms with Gasteiger partial charge in [-0.2, -0.15) is 0 Å². The molecule has 4 aromatic carbocycles. The number of nitrogens with zero attached hydrogens (tertiary/aromatic N) is 1. The molecule has 1 fully saturated rings. The number of carbonyl (C=O) groups is 4. The molecule has 7 rings (SSSR count). The van der Waals surface area contributed by atoms with Crippen molar-refractivity contribution in [1.82, 2.24) is 4.90 Å². The van der Waals surface area contributed by atoms with Gasteiger partial charge < -0.3 is 36.6 Å². The van der Waals surface area contributed by atoms with Crippen molar-refractivity contribution < 1.29 is 44.7 Å². The Hall–Kier alpha value is -5.65. The van der Waals surface area contributed by atoms with E-state index in [2.05, 4.69) is 96.3 Å². The van der Waals surface area contributed by atoms with Crippen LogP contribution in [0.15, 0.2) is 120 Å². The molecule has 0 saturated heterocycles. The van der Waals surface area contributed by atoms with Gasteiger partial charge in [-0.25, -0.2) is 0 Å². The maximum atomic E-state index is 14.3. The minimum absolute atomic E-state index is 0.00112. The van der Waals surface area contributed by atoms with Gasteiger partial charge in [0, 0.05) is 17.9 Å². The number of amides is 2. The van der Waals surface area contributed by atoms with Gasteiger partial charge in [-0.05, 0) is 87.3 Å². The van der Waals surface area contributed by atoms with Crippen LogP contribution in [0.3, 0.4) is 0 Å². The third kappa shape index (κ3) is 9.34. The van der Waals surface area contributed by atoms with E-state index in [0.717, 1.165) is 31.8 Å². The highest BCUT2D eigenvalue weighted by molar-refractivity contribution is 7.95. The van der Waals surface area contributed by atoms with Crippen LogP contribution >= 0.6 is 7.26 Å². The Balaban J connectivity index is 0.873. The molecule has 0 radical (unpaired) electrons. The van der Waals surface area contributed by atoms with Crippen molar-refractivity contribution in [3.8, 4) is 5.75 Å². The quantitative estimate of drug-likeness (QED) is 0.0207. The number of fused-ring (bicyclic) bond motifs is 3. The summed E-state index contributed by atoms with van der Waals surface area (Å²) in [6.45, 7) is 1.66. The fourth-order valence-electron chi connectivity index (χ4n) is 11.0. The zero-order valence-electron chi connectivity index (χ0n) is 38.7. The SMILES string of the molecule is C[C@H]1c2ccc(NC(=O)CCCCCCCCCCCCC[P+](c3ccccc3)(c3ccccc3)c3ccccc3)c(O)c2C(O)=C2C(=O)[C@]3(O)C(O)=C(C(N)=O)C(=O)[C@@H](N(C)C)[C@@H]3[C@@H](O)[C@@H]21. The normalized spacial score (nSPS) is 22.6. The smallest absolute Gasteiger partial charge is 0.255 e. The maximum Gasteiger partial charge on any atom is 0.255 e. The molecular formula is C54H65N3O9P+. The molecule has 3 aliphatic carbocycles. The molecule has 67 heavy (non-hydrogen) atoms. The number of hydrogen-bond acceptors (Lipinski definition) is 10. The molecule has 6 atom stereocenters. The Bertz CT molecular complexity index is 2410. The number of unbranched alkanes of at least 4 members (excludes halogenated alkanes) is 10. The number of rotatable bonds is 20. The van der Waals surface area contributed by atoms with Crippen molar-refractivity contribution in [2.24, 2.45) is 17.6 Å². The number of hydrogen-bond donors (Lipinski definition) is 7. The third-order valence-electron chi connectivity index (χ3n) is 14.4. The molecule has 3 aliphatic rings. The number of anilines is 1. The van der Waals surface area contributed by atoms with Gasteiger partial charge in [0.2, 0.25) is 11.7 Å². The van der Waals surface area contributed by atoms with Crippen molar-refractivity contribution in [1.29, 1.82) is 0 Å². The van der Waals surface area contributed by atoms with Crippen LogP contribution in [0.25, 0.3) is 5.76 Å². The van der Waals surface area contributed by atoms with Crippen LogP contribution in [0, 0.1) is 11.8 Å². The van der Waals surface area contributed by atoms with Crippen molar-refractivity contribution >= 4 is 58.0 Å². The number of phenols is 1. The number of likely N-dealkylation sites (N-methyl/N-ethyl adjacent to an activating group) is 1. The van der Waals surface area contributed by atoms with Gasteiger partial charge in [0.15, 0.2) is 11.4 Å². The van der Waals surface area contributed by atoms with Crippen molar-refractivity contribution in [2.45, 2.75) is 108 Å². The van der Waals surface area contributed by atoms with E-state index in [-0.39, 0.29) is 23.6 Å². The van der Waals surface area contributed by atoms with Gasteiger partial charge >= 0.3 is 0 Å². The number of nitrogens with one attached hydrogen (secondary N) is 1. The lowest BCUT2D eigenvalue weighted by Crippen LogP contribution is -2.70. The number of aromatic hydroxyl groups is 1. The number of nitrogens with two attached hydrogens (primary N) is 1. The number of ketones is 2. The molecular weight excluding hydrogens is 866 g/mol. The van der Waals surface area contributed by atoms with E-state index in [1.807, 2.05) is 0 Å². The maximum absolute atomic E-state index is 14.3. The highest BCUT2D eigenvalue weighted by Crippen LogP contribution is 2.58. The monoisotopic (exact) mass is 930 g/mol. The second-order valence-electron chi connectivity index (χ2n) is 18.7. The summed E-state index contributed by atoms with van der Waals surface area (Å²) in [6.07, 6.45) is 11.6. The third-order valence-corrected chi connectivity index (χ3v) is 18.9. The number of primary amides is 1. The van der Waals surface area contributed by atoms with Crippen molar-refractivity contribution in [2.75, 3.05) is 25.6 Å². The molecule has 0 aliphatic heterocycles. The Morgan fingerprint density at radius 3 is 1.67 bits per heavy atom. The number of aliphatic hydroxyl groups excluding tert-OH is 3. The lowest BCUT2D eigenvalue weighted by atomic mass is 9.54. The van der Waals surface area contributed by atoms with Gasteiger partial charge in [0.1, 0.15) is 46.0 Å². The summed E-state index contributed by atoms with van der Waals surface area (Å²) >= 11 is 0. The summed E-state index contributed by atoms with van der Waals surface area (Å²) in [4.78, 5) is 54.4. The number of carbonyl (C=O) groups excluding carboxylic acids is 4. The average Bonchev–Trinajstić information content (AvgIpc) is 3.31. The summed E-state index contributed by atoms with van der Waals surface area (Å²) in [6, 6.07) is 34.8. The van der Waals surface area contributed by atoms with Gasteiger partial charge in [-0.15, -0.1) is 0 Å². The number of Topliss-reactive ketones (excluding diaryl/α,β-unsaturated/α-hetero) is 2. The van der Waals surface area contributed by atoms with Gasteiger partial charge in [-0.3, -0.25) is 24.1 Å². The lowest BCUT2D eigenvalue weighted by molar-refractivity contribution is -0.169. The van der Waals surface area contributed by atoms with Crippen molar-refractivity contribution in [3.63, 3.8) is 0 Å². The van der Waals surface area contributed by atoms with Crippen LogP contribution in [0.2, 0.25) is 0 Å². The van der Waals surface area contributed by atoms with E-state index in [1.54, 1.807) is 13.0 Å². The molecule has 13 heteroatoms. The van der Waals surface area contributed by atoms with Crippen LogP contribution in [0.4, 0.5) is 5.69 Å². The van der Waals surface area contributed by atoms with E-state index < -0.39 is 88.7 Å². The molecule has 0 unspecified atom stereocenters. The topological polar surface area (TPSA) is 211 Å². The van der Waals surface area contributed by atoms with Crippen LogP contribution in [0.1, 0.15) is 101 Å². The second kappa shape index (κ2) is 21.1. The van der Waals surface area contributed by atoms with E-state index in [4.69, 9.17) is 5.73 Å². The predicted molar refractivity (Wildman–Crippen MR) is 264 cm³/mol. The minimum Gasteiger partial charge on any atom is -0.508 e. The number of aliphatic hydroxyl groups is 4. The van der Waals surface area contributed by atoms with E-state index >= 15 is 0 Å². The lowest BCUT2D eigenvalue weighted by Gasteiger charge is -2.53. The zero-order chi connectivity index (χ0) is 48.0. The first-order valence-corrected chi connectivity index (χ1v) is 25.7. The molecule has 0 heterocycles. The van der Waals surface area contributed by atoms with Crippen LogP contribution in [0.5, 0.6) is 5.75 Å². The molecule has 4 aromatic rings. The summed E-state index contributed by atoms with van der Waals surface area (Å²) in [5.74, 6) is -10.0. The van der Waals surface area contributed by atoms with E-state index in [9.17, 15) is 44.7 Å². The average molecular weight is 931 g/mol. The first-order chi connectivity index (χ1) is 32.2. The Labute approximate surface area is 394 Å². The minimum atomic E-state index is -3.00. The Morgan fingerprint density at radius 2 is 1.19 bits per heavy atom. The summed E-state index contributed by atoms with van der Waals surface area (Å²) in [5.41, 5.74) is 1.12. The number of benzene rings is 4. The molecule has 8 N–H and O–H groups in total. The molecule has 354 valence electrons. The van der Waals surface area contributed by atoms with E-state index in [1.165, 1.54) is 79.5 Å². The molecule has 2 amide bonds. The van der Waals surface area contributed by atoms with Gasteiger partial charge in [-0.1, -0.05) is 119 Å². The molecule has 0 spiro atoms. The van der Waals surface area contributed by atoms with Crippen molar-refractivity contribution in [3.05, 3.63) is 131 Å². The zero-order valence-corrected chi connectivity index (χ0v) is 39.6. The highest BCUT2D eigenvalue weighted by Gasteiger charge is 2.68. The largest absolute Gasteiger partial charge is 0.508 e. The predicted octanol–water partition coefficient (Wildman–Crippen LogP) is 7.11. The Morgan fingerprint density at radius 1 is 0.716 bits per heavy atom. The summed E-state index contributed by atoms with van der Waals surface area (Å²) in [5, 5.41) is 65.0. The summed E-state index contributed by atoms with van der Waals surface area (Å²) < 4.78 is 0. The van der Waals surface area contributed by atoms with E-state index in [0.29, 0.717) is 12.0 Å². The molecule has 0 aromatic heterocycles. The Kier molecular flexibility index (Phi) is 15.5. The first kappa shape index (κ1) is 49.3. The molecule has 1 saturated carbocycles.